The van der Waals surface area contributed by atoms with Crippen LogP contribution < -0.4 is 10.5 Å². The van der Waals surface area contributed by atoms with Gasteiger partial charge in [0.25, 0.3) is 0 Å². The summed E-state index contributed by atoms with van der Waals surface area (Å²) in [5.41, 5.74) is 8.94. The van der Waals surface area contributed by atoms with Crippen LogP contribution in [0.1, 0.15) is 5.56 Å². The number of aromatic nitrogens is 1. The van der Waals surface area contributed by atoms with E-state index < -0.39 is 0 Å². The monoisotopic (exact) mass is 369 g/mol. The first-order valence-corrected chi connectivity index (χ1v) is 8.10. The highest BCUT2D eigenvalue weighted by molar-refractivity contribution is 6.36. The van der Waals surface area contributed by atoms with Gasteiger partial charge in [-0.2, -0.15) is 5.26 Å². The zero-order valence-corrected chi connectivity index (χ0v) is 14.8. The zero-order valence-electron chi connectivity index (χ0n) is 13.3. The van der Waals surface area contributed by atoms with Crippen LogP contribution in [-0.4, -0.2) is 12.1 Å². The number of ether oxygens (including phenoxy) is 1. The van der Waals surface area contributed by atoms with Crippen molar-refractivity contribution >= 4 is 29.0 Å². The van der Waals surface area contributed by atoms with Gasteiger partial charge in [-0.05, 0) is 30.3 Å². The van der Waals surface area contributed by atoms with Crippen molar-refractivity contribution in [2.75, 3.05) is 12.8 Å². The van der Waals surface area contributed by atoms with Crippen LogP contribution in [0, 0.1) is 11.3 Å². The van der Waals surface area contributed by atoms with Gasteiger partial charge >= 0.3 is 0 Å². The first-order chi connectivity index (χ1) is 12.0. The number of methoxy groups -OCH3 is 1. The van der Waals surface area contributed by atoms with E-state index in [1.165, 1.54) is 0 Å². The Morgan fingerprint density at radius 1 is 1.04 bits per heavy atom. The Labute approximate surface area is 155 Å². The molecule has 0 amide bonds. The molecule has 0 saturated carbocycles. The lowest BCUT2D eigenvalue weighted by Crippen LogP contribution is -2.00. The molecule has 0 radical (unpaired) electrons. The summed E-state index contributed by atoms with van der Waals surface area (Å²) in [4.78, 5) is 4.33. The normalized spacial score (nSPS) is 10.3. The van der Waals surface area contributed by atoms with E-state index in [2.05, 4.69) is 11.1 Å². The second kappa shape index (κ2) is 7.02. The summed E-state index contributed by atoms with van der Waals surface area (Å²) in [6, 6.07) is 16.4. The largest absolute Gasteiger partial charge is 0.496 e. The first kappa shape index (κ1) is 17.1. The molecular weight excluding hydrogens is 357 g/mol. The molecule has 0 aliphatic rings. The van der Waals surface area contributed by atoms with Gasteiger partial charge in [-0.15, -0.1) is 0 Å². The highest BCUT2D eigenvalue weighted by atomic mass is 35.5. The van der Waals surface area contributed by atoms with Gasteiger partial charge in [0.1, 0.15) is 23.2 Å². The lowest BCUT2D eigenvalue weighted by atomic mass is 9.97. The maximum absolute atomic E-state index is 9.52. The predicted octanol–water partition coefficient (Wildman–Crippen LogP) is 5.18. The zero-order chi connectivity index (χ0) is 18.0. The molecular formula is C19H13Cl2N3O. The minimum absolute atomic E-state index is 0.131. The number of hydrogen-bond acceptors (Lipinski definition) is 4. The van der Waals surface area contributed by atoms with Gasteiger partial charge < -0.3 is 10.5 Å². The van der Waals surface area contributed by atoms with Crippen LogP contribution in [0.4, 0.5) is 5.82 Å². The summed E-state index contributed by atoms with van der Waals surface area (Å²) in [5.74, 6) is 0.768. The number of halogens is 2. The number of benzene rings is 2. The summed E-state index contributed by atoms with van der Waals surface area (Å²) < 4.78 is 5.41. The molecule has 0 spiro atoms. The van der Waals surface area contributed by atoms with Crippen LogP contribution in [0.3, 0.4) is 0 Å². The van der Waals surface area contributed by atoms with Crippen molar-refractivity contribution in [1.82, 2.24) is 4.98 Å². The summed E-state index contributed by atoms with van der Waals surface area (Å²) in [7, 11) is 1.58. The fourth-order valence-electron chi connectivity index (χ4n) is 2.60. The Morgan fingerprint density at radius 2 is 1.80 bits per heavy atom. The predicted molar refractivity (Wildman–Crippen MR) is 101 cm³/mol. The molecule has 0 aliphatic heterocycles. The number of para-hydroxylation sites is 1. The summed E-state index contributed by atoms with van der Waals surface area (Å²) in [5, 5.41) is 10.5. The molecule has 0 fully saturated rings. The minimum Gasteiger partial charge on any atom is -0.496 e. The molecule has 6 heteroatoms. The fourth-order valence-corrected chi connectivity index (χ4v) is 3.10. The lowest BCUT2D eigenvalue weighted by molar-refractivity contribution is 0.416. The second-order valence-electron chi connectivity index (χ2n) is 5.25. The maximum Gasteiger partial charge on any atom is 0.142 e. The van der Waals surface area contributed by atoms with E-state index >= 15 is 0 Å². The molecule has 3 aromatic rings. The molecule has 1 aromatic heterocycles. The molecule has 0 saturated heterocycles. The van der Waals surface area contributed by atoms with Crippen molar-refractivity contribution in [3.8, 4) is 34.2 Å². The fraction of sp³-hybridized carbons (Fsp3) is 0.0526. The summed E-state index contributed by atoms with van der Waals surface area (Å²) in [6.45, 7) is 0. The quantitative estimate of drug-likeness (QED) is 0.689. The number of hydrogen-bond donors (Lipinski definition) is 1. The number of nitrogen functional groups attached to an aromatic ring is 1. The van der Waals surface area contributed by atoms with Crippen LogP contribution >= 0.6 is 23.2 Å². The molecule has 3 rings (SSSR count). The number of nitrogens with zero attached hydrogens (tertiary/aromatic N) is 2. The van der Waals surface area contributed by atoms with Crippen LogP contribution in [0.25, 0.3) is 22.4 Å². The highest BCUT2D eigenvalue weighted by Crippen LogP contribution is 2.38. The molecule has 4 nitrogen and oxygen atoms in total. The Kier molecular flexibility index (Phi) is 4.80. The van der Waals surface area contributed by atoms with E-state index in [1.54, 1.807) is 31.4 Å². The Morgan fingerprint density at radius 3 is 2.48 bits per heavy atom. The molecule has 25 heavy (non-hydrogen) atoms. The Bertz CT molecular complexity index is 996. The molecule has 0 aliphatic carbocycles. The smallest absolute Gasteiger partial charge is 0.142 e. The molecule has 124 valence electrons. The van der Waals surface area contributed by atoms with Gasteiger partial charge in [0.2, 0.25) is 0 Å². The van der Waals surface area contributed by atoms with E-state index in [9.17, 15) is 5.26 Å². The van der Waals surface area contributed by atoms with Crippen LogP contribution in [0.2, 0.25) is 10.0 Å². The van der Waals surface area contributed by atoms with Gasteiger partial charge in [-0.3, -0.25) is 0 Å². The molecule has 0 unspecified atom stereocenters. The average molecular weight is 370 g/mol. The lowest BCUT2D eigenvalue weighted by Gasteiger charge is -2.13. The first-order valence-electron chi connectivity index (χ1n) is 7.34. The van der Waals surface area contributed by atoms with Gasteiger partial charge in [0.15, 0.2) is 0 Å². The van der Waals surface area contributed by atoms with E-state index in [1.807, 2.05) is 24.3 Å². The number of nitrogens with two attached hydrogens (primary N) is 1. The van der Waals surface area contributed by atoms with Gasteiger partial charge in [0, 0.05) is 21.7 Å². The third kappa shape index (κ3) is 3.25. The number of nitriles is 1. The number of rotatable bonds is 3. The highest BCUT2D eigenvalue weighted by Gasteiger charge is 2.17. The van der Waals surface area contributed by atoms with Gasteiger partial charge in [0.05, 0.1) is 17.8 Å². The molecule has 1 heterocycles. The van der Waals surface area contributed by atoms with E-state index in [-0.39, 0.29) is 5.82 Å². The van der Waals surface area contributed by atoms with E-state index in [0.717, 1.165) is 5.56 Å². The summed E-state index contributed by atoms with van der Waals surface area (Å²) >= 11 is 12.3. The number of anilines is 1. The minimum atomic E-state index is 0.131. The SMILES string of the molecule is COc1ccccc1-c1cc(-c2ccc(Cl)cc2Cl)nc(N)c1C#N. The van der Waals surface area contributed by atoms with Crippen molar-refractivity contribution < 1.29 is 4.74 Å². The van der Waals surface area contributed by atoms with E-state index in [0.29, 0.717) is 38.2 Å². The van der Waals surface area contributed by atoms with Crippen LogP contribution in [0.15, 0.2) is 48.5 Å². The van der Waals surface area contributed by atoms with Crippen molar-refractivity contribution in [1.29, 1.82) is 5.26 Å². The van der Waals surface area contributed by atoms with Crippen molar-refractivity contribution in [3.63, 3.8) is 0 Å². The molecule has 0 atom stereocenters. The van der Waals surface area contributed by atoms with Crippen LogP contribution in [0.5, 0.6) is 5.75 Å². The second-order valence-corrected chi connectivity index (χ2v) is 6.10. The van der Waals surface area contributed by atoms with Gasteiger partial charge in [-0.25, -0.2) is 4.98 Å². The Balaban J connectivity index is 2.29. The topological polar surface area (TPSA) is 71.9 Å². The third-order valence-corrected chi connectivity index (χ3v) is 4.31. The molecule has 2 N–H and O–H groups in total. The van der Waals surface area contributed by atoms with Crippen molar-refractivity contribution in [2.45, 2.75) is 0 Å². The molecule has 0 bridgehead atoms. The standard InChI is InChI=1S/C19H13Cl2N3O/c1-25-18-5-3-2-4-12(18)14-9-17(24-19(23)15(14)10-22)13-7-6-11(20)8-16(13)21/h2-9H,1H3,(H2,23,24). The number of pyridine rings is 1. The van der Waals surface area contributed by atoms with Crippen molar-refractivity contribution in [2.24, 2.45) is 0 Å². The summed E-state index contributed by atoms with van der Waals surface area (Å²) in [6.07, 6.45) is 0. The van der Waals surface area contributed by atoms with Gasteiger partial charge in [-0.1, -0.05) is 41.4 Å². The van der Waals surface area contributed by atoms with E-state index in [4.69, 9.17) is 33.7 Å². The average Bonchev–Trinajstić information content (AvgIpc) is 2.61. The third-order valence-electron chi connectivity index (χ3n) is 3.76. The Hall–Kier alpha value is -2.74. The maximum atomic E-state index is 9.52. The van der Waals surface area contributed by atoms with Crippen molar-refractivity contribution in [3.05, 3.63) is 64.1 Å². The molecule has 2 aromatic carbocycles. The van der Waals surface area contributed by atoms with Crippen LogP contribution in [-0.2, 0) is 0 Å².